The molecule has 1 rings (SSSR count). The van der Waals surface area contributed by atoms with Crippen LogP contribution in [-0.4, -0.2) is 36.5 Å². The molecule has 0 heterocycles. The molecule has 1 aliphatic rings. The van der Waals surface area contributed by atoms with Crippen molar-refractivity contribution in [3.63, 3.8) is 0 Å². The van der Waals surface area contributed by atoms with Crippen molar-refractivity contribution in [2.75, 3.05) is 19.6 Å². The van der Waals surface area contributed by atoms with Crippen LogP contribution in [0.5, 0.6) is 0 Å². The van der Waals surface area contributed by atoms with Crippen LogP contribution >= 0.6 is 0 Å². The van der Waals surface area contributed by atoms with E-state index in [0.717, 1.165) is 26.1 Å². The lowest BCUT2D eigenvalue weighted by Gasteiger charge is -2.23. The number of hydrogen-bond acceptors (Lipinski definition) is 2. The predicted molar refractivity (Wildman–Crippen MR) is 67.4 cm³/mol. The van der Waals surface area contributed by atoms with Crippen molar-refractivity contribution in [3.8, 4) is 0 Å². The van der Waals surface area contributed by atoms with Gasteiger partial charge in [-0.1, -0.05) is 20.8 Å². The summed E-state index contributed by atoms with van der Waals surface area (Å²) in [6.45, 7) is 9.22. The Bertz CT molecular complexity index is 212. The molecule has 1 N–H and O–H groups in total. The smallest absolute Gasteiger partial charge is 0.224 e. The van der Waals surface area contributed by atoms with Gasteiger partial charge in [0.1, 0.15) is 0 Å². The summed E-state index contributed by atoms with van der Waals surface area (Å²) in [6.07, 6.45) is 4.21. The minimum absolute atomic E-state index is 0.337. The molecule has 0 atom stereocenters. The van der Waals surface area contributed by atoms with Crippen LogP contribution in [0.25, 0.3) is 0 Å². The highest BCUT2D eigenvalue weighted by molar-refractivity contribution is 5.77. The summed E-state index contributed by atoms with van der Waals surface area (Å²) in [5, 5.41) is 3.21. The number of nitrogens with zero attached hydrogens (tertiary/aromatic N) is 1. The number of hydrogen-bond donors (Lipinski definition) is 1. The Labute approximate surface area is 99.6 Å². The third-order valence-electron chi connectivity index (χ3n) is 3.02. The highest BCUT2D eigenvalue weighted by Gasteiger charge is 2.31. The fourth-order valence-electron chi connectivity index (χ4n) is 1.81. The Balaban J connectivity index is 2.28. The summed E-state index contributed by atoms with van der Waals surface area (Å²) in [6, 6.07) is 0.563. The number of rotatable bonds is 8. The third-order valence-corrected chi connectivity index (χ3v) is 3.02. The van der Waals surface area contributed by atoms with Crippen molar-refractivity contribution in [3.05, 3.63) is 0 Å². The lowest BCUT2D eigenvalue weighted by molar-refractivity contribution is -0.131. The molecule has 3 heteroatoms. The Hall–Kier alpha value is -0.570. The highest BCUT2D eigenvalue weighted by Crippen LogP contribution is 2.27. The van der Waals surface area contributed by atoms with Crippen molar-refractivity contribution < 1.29 is 4.79 Å². The number of amides is 1. The monoisotopic (exact) mass is 226 g/mol. The molecule has 0 aromatic carbocycles. The first-order valence-corrected chi connectivity index (χ1v) is 6.65. The van der Waals surface area contributed by atoms with Crippen LogP contribution in [0, 0.1) is 5.92 Å². The van der Waals surface area contributed by atoms with Gasteiger partial charge in [0.2, 0.25) is 5.91 Å². The van der Waals surface area contributed by atoms with Gasteiger partial charge in [0, 0.05) is 25.6 Å². The van der Waals surface area contributed by atoms with Gasteiger partial charge in [-0.05, 0) is 31.7 Å². The van der Waals surface area contributed by atoms with Gasteiger partial charge < -0.3 is 10.2 Å². The molecule has 1 amide bonds. The van der Waals surface area contributed by atoms with Gasteiger partial charge >= 0.3 is 0 Å². The van der Waals surface area contributed by atoms with Crippen molar-refractivity contribution >= 4 is 5.91 Å². The maximum Gasteiger partial charge on any atom is 0.224 e. The molecule has 1 fully saturated rings. The van der Waals surface area contributed by atoms with Crippen LogP contribution < -0.4 is 5.32 Å². The molecule has 3 nitrogen and oxygen atoms in total. The van der Waals surface area contributed by atoms with E-state index in [1.807, 2.05) is 0 Å². The quantitative estimate of drug-likeness (QED) is 0.642. The first-order chi connectivity index (χ1) is 7.65. The molecule has 1 saturated carbocycles. The van der Waals surface area contributed by atoms with Crippen LogP contribution in [0.15, 0.2) is 0 Å². The maximum atomic E-state index is 12.0. The molecule has 0 aromatic heterocycles. The molecule has 0 spiro atoms. The zero-order valence-electron chi connectivity index (χ0n) is 11.0. The SMILES string of the molecule is CCNCCC(=O)N(CCC(C)C)C1CC1. The normalized spacial score (nSPS) is 15.5. The molecule has 0 radical (unpaired) electrons. The number of carbonyl (C=O) groups is 1. The standard InChI is InChI=1S/C13H26N2O/c1-4-14-9-7-13(16)15(12-5-6-12)10-8-11(2)3/h11-12,14H,4-10H2,1-3H3. The van der Waals surface area contributed by atoms with Gasteiger partial charge in [0.25, 0.3) is 0 Å². The van der Waals surface area contributed by atoms with Crippen molar-refractivity contribution in [2.24, 2.45) is 5.92 Å². The summed E-state index contributed by atoms with van der Waals surface area (Å²) in [7, 11) is 0. The first-order valence-electron chi connectivity index (χ1n) is 6.65. The average Bonchev–Trinajstić information content (AvgIpc) is 3.02. The van der Waals surface area contributed by atoms with Gasteiger partial charge in [-0.15, -0.1) is 0 Å². The van der Waals surface area contributed by atoms with E-state index in [2.05, 4.69) is 31.0 Å². The lowest BCUT2D eigenvalue weighted by Crippen LogP contribution is -2.36. The van der Waals surface area contributed by atoms with Gasteiger partial charge in [-0.25, -0.2) is 0 Å². The van der Waals surface area contributed by atoms with E-state index in [9.17, 15) is 4.79 Å². The summed E-state index contributed by atoms with van der Waals surface area (Å²) in [5.74, 6) is 1.02. The van der Waals surface area contributed by atoms with E-state index < -0.39 is 0 Å². The topological polar surface area (TPSA) is 32.3 Å². The first kappa shape index (κ1) is 13.5. The molecule has 0 bridgehead atoms. The molecule has 0 aromatic rings. The van der Waals surface area contributed by atoms with Gasteiger partial charge in [-0.2, -0.15) is 0 Å². The van der Waals surface area contributed by atoms with Crippen LogP contribution in [0.4, 0.5) is 0 Å². The summed E-state index contributed by atoms with van der Waals surface area (Å²) < 4.78 is 0. The second-order valence-corrected chi connectivity index (χ2v) is 5.10. The van der Waals surface area contributed by atoms with E-state index in [0.29, 0.717) is 24.3 Å². The molecule has 16 heavy (non-hydrogen) atoms. The highest BCUT2D eigenvalue weighted by atomic mass is 16.2. The molecule has 0 aliphatic heterocycles. The summed E-state index contributed by atoms with van der Waals surface area (Å²) in [4.78, 5) is 14.1. The fraction of sp³-hybridized carbons (Fsp3) is 0.923. The van der Waals surface area contributed by atoms with Crippen LogP contribution in [-0.2, 0) is 4.79 Å². The van der Waals surface area contributed by atoms with Crippen LogP contribution in [0.2, 0.25) is 0 Å². The van der Waals surface area contributed by atoms with E-state index in [1.165, 1.54) is 12.8 Å². The average molecular weight is 226 g/mol. The predicted octanol–water partition coefficient (Wildman–Crippen LogP) is 2.02. The summed E-state index contributed by atoms with van der Waals surface area (Å²) in [5.41, 5.74) is 0. The number of carbonyl (C=O) groups excluding carboxylic acids is 1. The Morgan fingerprint density at radius 3 is 2.62 bits per heavy atom. The van der Waals surface area contributed by atoms with Crippen molar-refractivity contribution in [1.82, 2.24) is 10.2 Å². The van der Waals surface area contributed by atoms with Gasteiger partial charge in [-0.3, -0.25) is 4.79 Å². The maximum absolute atomic E-state index is 12.0. The Morgan fingerprint density at radius 2 is 2.12 bits per heavy atom. The molecular weight excluding hydrogens is 200 g/mol. The zero-order chi connectivity index (χ0) is 12.0. The minimum Gasteiger partial charge on any atom is -0.340 e. The van der Waals surface area contributed by atoms with Gasteiger partial charge in [0.05, 0.1) is 0 Å². The van der Waals surface area contributed by atoms with E-state index in [-0.39, 0.29) is 0 Å². The van der Waals surface area contributed by atoms with E-state index >= 15 is 0 Å². The Morgan fingerprint density at radius 1 is 1.44 bits per heavy atom. The Kier molecular flexibility index (Phi) is 5.81. The van der Waals surface area contributed by atoms with Crippen molar-refractivity contribution in [1.29, 1.82) is 0 Å². The zero-order valence-corrected chi connectivity index (χ0v) is 11.0. The molecule has 94 valence electrons. The second-order valence-electron chi connectivity index (χ2n) is 5.10. The van der Waals surface area contributed by atoms with E-state index in [4.69, 9.17) is 0 Å². The molecule has 0 saturated heterocycles. The molecule has 1 aliphatic carbocycles. The van der Waals surface area contributed by atoms with Gasteiger partial charge in [0.15, 0.2) is 0 Å². The fourth-order valence-corrected chi connectivity index (χ4v) is 1.81. The molecular formula is C13H26N2O. The minimum atomic E-state index is 0.337. The van der Waals surface area contributed by atoms with Crippen molar-refractivity contribution in [2.45, 2.75) is 52.5 Å². The van der Waals surface area contributed by atoms with Crippen LogP contribution in [0.3, 0.4) is 0 Å². The number of nitrogens with one attached hydrogen (secondary N) is 1. The summed E-state index contributed by atoms with van der Waals surface area (Å²) >= 11 is 0. The third kappa shape index (κ3) is 4.97. The van der Waals surface area contributed by atoms with E-state index in [1.54, 1.807) is 0 Å². The largest absolute Gasteiger partial charge is 0.340 e. The lowest BCUT2D eigenvalue weighted by atomic mass is 10.1. The second kappa shape index (κ2) is 6.89. The van der Waals surface area contributed by atoms with Crippen LogP contribution in [0.1, 0.15) is 46.5 Å². The molecule has 0 unspecified atom stereocenters.